The van der Waals surface area contributed by atoms with E-state index in [-0.39, 0.29) is 5.91 Å². The molecule has 0 saturated carbocycles. The monoisotopic (exact) mass is 323 g/mol. The molecule has 1 fully saturated rings. The van der Waals surface area contributed by atoms with Gasteiger partial charge in [-0.25, -0.2) is 4.79 Å². The van der Waals surface area contributed by atoms with E-state index < -0.39 is 12.0 Å². The van der Waals surface area contributed by atoms with Crippen molar-refractivity contribution in [3.05, 3.63) is 29.8 Å². The molecule has 1 atom stereocenters. The second-order valence-electron chi connectivity index (χ2n) is 5.24. The molecule has 120 valence electrons. The quantitative estimate of drug-likeness (QED) is 0.871. The molecule has 1 amide bonds. The maximum atomic E-state index is 12.3. The molecule has 1 saturated heterocycles. The van der Waals surface area contributed by atoms with Crippen molar-refractivity contribution in [1.82, 2.24) is 4.90 Å². The molecule has 1 aliphatic rings. The Hall–Kier alpha value is -1.69. The van der Waals surface area contributed by atoms with Crippen LogP contribution in [-0.2, 0) is 15.3 Å². The number of para-hydroxylation sites is 1. The third kappa shape index (κ3) is 4.16. The Kier molecular flexibility index (Phi) is 6.12. The van der Waals surface area contributed by atoms with Crippen LogP contribution in [-0.4, -0.2) is 47.3 Å². The largest absolute Gasteiger partial charge is 0.496 e. The Balaban J connectivity index is 1.88. The number of likely N-dealkylation sites (tertiary alicyclic amines) is 1. The number of benzene rings is 1. The number of methoxy groups -OCH3 is 1. The standard InChI is InChI=1S/C16H21NO4S/c1-21-14-8-3-2-6-12(14)10-22-11-15(18)17-9-5-4-7-13(17)16(19)20/h2-3,6,8,13H,4-5,7,9-11H2,1H3,(H,19,20). The van der Waals surface area contributed by atoms with Gasteiger partial charge in [0.2, 0.25) is 5.91 Å². The lowest BCUT2D eigenvalue weighted by atomic mass is 10.0. The van der Waals surface area contributed by atoms with Gasteiger partial charge in [0.15, 0.2) is 0 Å². The molecule has 1 N–H and O–H groups in total. The number of carbonyl (C=O) groups excluding carboxylic acids is 1. The van der Waals surface area contributed by atoms with Gasteiger partial charge in [-0.15, -0.1) is 11.8 Å². The second-order valence-corrected chi connectivity index (χ2v) is 6.23. The lowest BCUT2D eigenvalue weighted by Gasteiger charge is -2.32. The summed E-state index contributed by atoms with van der Waals surface area (Å²) in [7, 11) is 1.62. The summed E-state index contributed by atoms with van der Waals surface area (Å²) < 4.78 is 5.28. The van der Waals surface area contributed by atoms with E-state index in [1.54, 1.807) is 7.11 Å². The van der Waals surface area contributed by atoms with Crippen molar-refractivity contribution in [2.24, 2.45) is 0 Å². The number of ether oxygens (including phenoxy) is 1. The number of amides is 1. The van der Waals surface area contributed by atoms with E-state index >= 15 is 0 Å². The van der Waals surface area contributed by atoms with Crippen LogP contribution in [0.15, 0.2) is 24.3 Å². The fourth-order valence-electron chi connectivity index (χ4n) is 2.64. The summed E-state index contributed by atoms with van der Waals surface area (Å²) in [5.74, 6) is 0.780. The maximum Gasteiger partial charge on any atom is 0.326 e. The highest BCUT2D eigenvalue weighted by Crippen LogP contribution is 2.24. The van der Waals surface area contributed by atoms with Crippen LogP contribution in [0.25, 0.3) is 0 Å². The minimum Gasteiger partial charge on any atom is -0.496 e. The Morgan fingerprint density at radius 1 is 1.36 bits per heavy atom. The minimum atomic E-state index is -0.900. The van der Waals surface area contributed by atoms with Crippen molar-refractivity contribution in [2.45, 2.75) is 31.1 Å². The second kappa shape index (κ2) is 8.08. The Morgan fingerprint density at radius 3 is 2.86 bits per heavy atom. The molecule has 0 bridgehead atoms. The molecule has 0 radical (unpaired) electrons. The number of hydrogen-bond acceptors (Lipinski definition) is 4. The first-order valence-corrected chi connectivity index (χ1v) is 8.51. The number of piperidine rings is 1. The summed E-state index contributed by atoms with van der Waals surface area (Å²) >= 11 is 1.49. The summed E-state index contributed by atoms with van der Waals surface area (Å²) in [6, 6.07) is 7.04. The number of thioether (sulfide) groups is 1. The van der Waals surface area contributed by atoms with Gasteiger partial charge in [-0.3, -0.25) is 4.79 Å². The van der Waals surface area contributed by atoms with Gasteiger partial charge in [-0.1, -0.05) is 18.2 Å². The maximum absolute atomic E-state index is 12.3. The van der Waals surface area contributed by atoms with Crippen molar-refractivity contribution < 1.29 is 19.4 Å². The SMILES string of the molecule is COc1ccccc1CSCC(=O)N1CCCCC1C(=O)O. The predicted molar refractivity (Wildman–Crippen MR) is 86.1 cm³/mol. The van der Waals surface area contributed by atoms with Crippen molar-refractivity contribution in [1.29, 1.82) is 0 Å². The zero-order valence-electron chi connectivity index (χ0n) is 12.7. The molecule has 5 nitrogen and oxygen atoms in total. The van der Waals surface area contributed by atoms with Gasteiger partial charge in [0.05, 0.1) is 12.9 Å². The zero-order chi connectivity index (χ0) is 15.9. The van der Waals surface area contributed by atoms with Crippen LogP contribution in [0.2, 0.25) is 0 Å². The first-order chi connectivity index (χ1) is 10.6. The molecule has 1 aromatic carbocycles. The van der Waals surface area contributed by atoms with E-state index in [1.165, 1.54) is 16.7 Å². The number of rotatable bonds is 6. The fraction of sp³-hybridized carbons (Fsp3) is 0.500. The van der Waals surface area contributed by atoms with E-state index in [1.807, 2.05) is 24.3 Å². The summed E-state index contributed by atoms with van der Waals surface area (Å²) in [4.78, 5) is 25.0. The molecule has 1 aliphatic heterocycles. The van der Waals surface area contributed by atoms with E-state index in [2.05, 4.69) is 0 Å². The Bertz CT molecular complexity index is 535. The smallest absolute Gasteiger partial charge is 0.326 e. The number of carbonyl (C=O) groups is 2. The third-order valence-corrected chi connectivity index (χ3v) is 4.75. The van der Waals surface area contributed by atoms with Gasteiger partial charge in [0.25, 0.3) is 0 Å². The number of hydrogen-bond donors (Lipinski definition) is 1. The Morgan fingerprint density at radius 2 is 2.14 bits per heavy atom. The zero-order valence-corrected chi connectivity index (χ0v) is 13.5. The van der Waals surface area contributed by atoms with Crippen LogP contribution in [0.3, 0.4) is 0 Å². The summed E-state index contributed by atoms with van der Waals surface area (Å²) in [6.45, 7) is 0.547. The predicted octanol–water partition coefficient (Wildman–Crippen LogP) is 2.39. The number of nitrogens with zero attached hydrogens (tertiary/aromatic N) is 1. The van der Waals surface area contributed by atoms with Gasteiger partial charge in [-0.2, -0.15) is 0 Å². The highest BCUT2D eigenvalue weighted by molar-refractivity contribution is 7.99. The molecule has 1 unspecified atom stereocenters. The van der Waals surface area contributed by atoms with Gasteiger partial charge in [0, 0.05) is 17.9 Å². The molecule has 6 heteroatoms. The van der Waals surface area contributed by atoms with Crippen molar-refractivity contribution >= 4 is 23.6 Å². The fourth-order valence-corrected chi connectivity index (χ4v) is 3.54. The number of aliphatic carboxylic acids is 1. The number of carboxylic acid groups (broad SMARTS) is 1. The molecular formula is C16H21NO4S. The van der Waals surface area contributed by atoms with Gasteiger partial charge >= 0.3 is 5.97 Å². The summed E-state index contributed by atoms with van der Waals surface area (Å²) in [5, 5.41) is 9.21. The average molecular weight is 323 g/mol. The van der Waals surface area contributed by atoms with E-state index in [4.69, 9.17) is 4.74 Å². The molecule has 0 aromatic heterocycles. The highest BCUT2D eigenvalue weighted by Gasteiger charge is 2.31. The molecule has 2 rings (SSSR count). The summed E-state index contributed by atoms with van der Waals surface area (Å²) in [6.07, 6.45) is 2.31. The van der Waals surface area contributed by atoms with Crippen LogP contribution in [0.1, 0.15) is 24.8 Å². The third-order valence-electron chi connectivity index (χ3n) is 3.78. The van der Waals surface area contributed by atoms with Crippen molar-refractivity contribution in [3.63, 3.8) is 0 Å². The van der Waals surface area contributed by atoms with E-state index in [0.29, 0.717) is 24.5 Å². The van der Waals surface area contributed by atoms with E-state index in [0.717, 1.165) is 24.2 Å². The molecular weight excluding hydrogens is 302 g/mol. The molecule has 1 aromatic rings. The van der Waals surface area contributed by atoms with Crippen molar-refractivity contribution in [2.75, 3.05) is 19.4 Å². The van der Waals surface area contributed by atoms with Crippen LogP contribution in [0, 0.1) is 0 Å². The van der Waals surface area contributed by atoms with E-state index in [9.17, 15) is 14.7 Å². The molecule has 1 heterocycles. The van der Waals surface area contributed by atoms with Crippen LogP contribution in [0.4, 0.5) is 0 Å². The number of carboxylic acids is 1. The van der Waals surface area contributed by atoms with Gasteiger partial charge in [-0.05, 0) is 25.3 Å². The van der Waals surface area contributed by atoms with Crippen LogP contribution < -0.4 is 4.74 Å². The lowest BCUT2D eigenvalue weighted by molar-refractivity contribution is -0.150. The highest BCUT2D eigenvalue weighted by atomic mass is 32.2. The summed E-state index contributed by atoms with van der Waals surface area (Å²) in [5.41, 5.74) is 1.04. The normalized spacial score (nSPS) is 18.0. The first-order valence-electron chi connectivity index (χ1n) is 7.35. The van der Waals surface area contributed by atoms with Crippen LogP contribution in [0.5, 0.6) is 5.75 Å². The van der Waals surface area contributed by atoms with Crippen molar-refractivity contribution in [3.8, 4) is 5.75 Å². The van der Waals surface area contributed by atoms with Gasteiger partial charge < -0.3 is 14.7 Å². The lowest BCUT2D eigenvalue weighted by Crippen LogP contribution is -2.48. The Labute approximate surface area is 134 Å². The average Bonchev–Trinajstić information content (AvgIpc) is 2.55. The van der Waals surface area contributed by atoms with Crippen LogP contribution >= 0.6 is 11.8 Å². The minimum absolute atomic E-state index is 0.0907. The molecule has 22 heavy (non-hydrogen) atoms. The van der Waals surface area contributed by atoms with Gasteiger partial charge in [0.1, 0.15) is 11.8 Å². The molecule has 0 spiro atoms. The molecule has 0 aliphatic carbocycles. The first kappa shape index (κ1) is 16.7. The topological polar surface area (TPSA) is 66.8 Å².